The van der Waals surface area contributed by atoms with E-state index in [9.17, 15) is 0 Å². The minimum absolute atomic E-state index is 0.961. The van der Waals surface area contributed by atoms with E-state index in [4.69, 9.17) is 4.42 Å². The SMILES string of the molecule is CCCCCCCCCCCCSc1cc2oc3ccc4ccc5ccc6ccccc6c5c4c3c2c2c1ccc1ccc3ccccc3c12. The third-order valence-corrected chi connectivity index (χ3v) is 12.2. The zero-order valence-corrected chi connectivity index (χ0v) is 29.9. The normalized spacial score (nSPS) is 12.3. The first-order valence-electron chi connectivity index (χ1n) is 18.9. The molecule has 0 N–H and O–H groups in total. The smallest absolute Gasteiger partial charge is 0.137 e. The molecule has 1 nitrogen and oxygen atoms in total. The van der Waals surface area contributed by atoms with E-state index in [-0.39, 0.29) is 0 Å². The highest BCUT2D eigenvalue weighted by Crippen LogP contribution is 2.48. The topological polar surface area (TPSA) is 13.1 Å². The van der Waals surface area contributed by atoms with Gasteiger partial charge in [0, 0.05) is 26.4 Å². The van der Waals surface area contributed by atoms with E-state index < -0.39 is 0 Å². The molecule has 8 aromatic carbocycles. The second kappa shape index (κ2) is 13.6. The van der Waals surface area contributed by atoms with Crippen LogP contribution in [0.1, 0.15) is 71.1 Å². The number of fused-ring (bicyclic) bond motifs is 15. The third-order valence-electron chi connectivity index (χ3n) is 11.0. The lowest BCUT2D eigenvalue weighted by Gasteiger charge is -2.14. The highest BCUT2D eigenvalue weighted by Gasteiger charge is 2.21. The predicted octanol–water partition coefficient (Wildman–Crippen LogP) is 15.5. The standard InChI is InChI=1S/C48H44OS/c1-2-3-4-5-6-7-8-9-10-15-30-50-42-31-41-48(46-39(42)28-26-35-23-21-33-17-12-14-19-38(33)44(35)46)47-40(49-41)29-27-36-25-24-34-22-20-32-16-11-13-18-37(32)43(34)45(36)47/h11-14,16-29,31H,2-10,15,30H2,1H3. The van der Waals surface area contributed by atoms with E-state index in [0.717, 1.165) is 16.9 Å². The van der Waals surface area contributed by atoms with Gasteiger partial charge in [-0.25, -0.2) is 0 Å². The van der Waals surface area contributed by atoms with Crippen LogP contribution in [0.3, 0.4) is 0 Å². The van der Waals surface area contributed by atoms with E-state index in [1.54, 1.807) is 0 Å². The molecule has 0 bridgehead atoms. The fourth-order valence-electron chi connectivity index (χ4n) is 8.52. The first-order chi connectivity index (χ1) is 24.8. The molecular weight excluding hydrogens is 625 g/mol. The van der Waals surface area contributed by atoms with Crippen LogP contribution in [0.25, 0.3) is 86.6 Å². The molecule has 9 aromatic rings. The molecule has 1 aromatic heterocycles. The van der Waals surface area contributed by atoms with Crippen LogP contribution in [-0.4, -0.2) is 5.75 Å². The van der Waals surface area contributed by atoms with Gasteiger partial charge in [-0.2, -0.15) is 0 Å². The first-order valence-corrected chi connectivity index (χ1v) is 19.9. The van der Waals surface area contributed by atoms with Gasteiger partial charge in [-0.15, -0.1) is 11.8 Å². The molecule has 0 saturated heterocycles. The minimum atomic E-state index is 0.961. The van der Waals surface area contributed by atoms with Crippen molar-refractivity contribution in [1.29, 1.82) is 0 Å². The Hall–Kier alpha value is -4.53. The Morgan fingerprint density at radius 2 is 0.900 bits per heavy atom. The molecule has 0 fully saturated rings. The number of hydrogen-bond acceptors (Lipinski definition) is 2. The van der Waals surface area contributed by atoms with Crippen molar-refractivity contribution in [3.63, 3.8) is 0 Å². The van der Waals surface area contributed by atoms with Gasteiger partial charge in [0.1, 0.15) is 11.2 Å². The lowest BCUT2D eigenvalue weighted by Crippen LogP contribution is -1.88. The summed E-state index contributed by atoms with van der Waals surface area (Å²) in [4.78, 5) is 1.33. The van der Waals surface area contributed by atoms with Crippen LogP contribution in [-0.2, 0) is 0 Å². The van der Waals surface area contributed by atoms with Crippen molar-refractivity contribution >= 4 is 98.3 Å². The summed E-state index contributed by atoms with van der Waals surface area (Å²) >= 11 is 2.01. The maximum absolute atomic E-state index is 6.92. The van der Waals surface area contributed by atoms with E-state index in [0.29, 0.717) is 0 Å². The minimum Gasteiger partial charge on any atom is -0.456 e. The van der Waals surface area contributed by atoms with Gasteiger partial charge in [0.05, 0.1) is 0 Å². The second-order valence-electron chi connectivity index (χ2n) is 14.2. The van der Waals surface area contributed by atoms with Crippen molar-refractivity contribution in [2.45, 2.75) is 76.0 Å². The van der Waals surface area contributed by atoms with E-state index in [2.05, 4.69) is 122 Å². The predicted molar refractivity (Wildman–Crippen MR) is 221 cm³/mol. The number of rotatable bonds is 12. The zero-order chi connectivity index (χ0) is 33.4. The number of thioether (sulfide) groups is 1. The van der Waals surface area contributed by atoms with Crippen molar-refractivity contribution in [2.75, 3.05) is 5.75 Å². The Labute approximate surface area is 298 Å². The monoisotopic (exact) mass is 668 g/mol. The Bertz CT molecular complexity index is 2670. The average molecular weight is 669 g/mol. The fourth-order valence-corrected chi connectivity index (χ4v) is 9.60. The van der Waals surface area contributed by atoms with Crippen LogP contribution in [0.4, 0.5) is 0 Å². The molecule has 0 unspecified atom stereocenters. The highest BCUT2D eigenvalue weighted by atomic mass is 32.2. The summed E-state index contributed by atoms with van der Waals surface area (Å²) in [5.74, 6) is 1.13. The largest absolute Gasteiger partial charge is 0.456 e. The summed E-state index contributed by atoms with van der Waals surface area (Å²) in [5.41, 5.74) is 1.95. The third kappa shape index (κ3) is 5.49. The van der Waals surface area contributed by atoms with Crippen LogP contribution >= 0.6 is 11.8 Å². The summed E-state index contributed by atoms with van der Waals surface area (Å²) in [5, 5.41) is 18.0. The van der Waals surface area contributed by atoms with E-state index in [1.807, 2.05) is 11.8 Å². The lowest BCUT2D eigenvalue weighted by atomic mass is 9.90. The quantitative estimate of drug-likeness (QED) is 0.0730. The van der Waals surface area contributed by atoms with Crippen LogP contribution in [0.2, 0.25) is 0 Å². The van der Waals surface area contributed by atoms with Crippen molar-refractivity contribution in [1.82, 2.24) is 0 Å². The number of furan rings is 1. The van der Waals surface area contributed by atoms with Crippen LogP contribution < -0.4 is 0 Å². The molecule has 2 heteroatoms. The molecule has 0 radical (unpaired) electrons. The van der Waals surface area contributed by atoms with Gasteiger partial charge in [-0.05, 0) is 78.2 Å². The number of unbranched alkanes of at least 4 members (excludes halogenated alkanes) is 9. The molecule has 0 spiro atoms. The fraction of sp³-hybridized carbons (Fsp3) is 0.250. The van der Waals surface area contributed by atoms with Crippen LogP contribution in [0.5, 0.6) is 0 Å². The van der Waals surface area contributed by atoms with Gasteiger partial charge in [0.15, 0.2) is 0 Å². The molecule has 50 heavy (non-hydrogen) atoms. The van der Waals surface area contributed by atoms with Crippen LogP contribution in [0, 0.1) is 0 Å². The summed E-state index contributed by atoms with van der Waals surface area (Å²) in [6.45, 7) is 2.30. The average Bonchev–Trinajstić information content (AvgIpc) is 3.54. The van der Waals surface area contributed by atoms with Crippen LogP contribution in [0.15, 0.2) is 125 Å². The zero-order valence-electron chi connectivity index (χ0n) is 29.1. The summed E-state index contributed by atoms with van der Waals surface area (Å²) < 4.78 is 6.92. The van der Waals surface area contributed by atoms with Crippen molar-refractivity contribution in [2.24, 2.45) is 0 Å². The highest BCUT2D eigenvalue weighted by molar-refractivity contribution is 7.99. The van der Waals surface area contributed by atoms with Gasteiger partial charge in [-0.1, -0.05) is 168 Å². The molecule has 0 aliphatic carbocycles. The molecular formula is C48H44OS. The van der Waals surface area contributed by atoms with E-state index in [1.165, 1.54) is 145 Å². The van der Waals surface area contributed by atoms with Crippen molar-refractivity contribution in [3.8, 4) is 0 Å². The summed E-state index contributed by atoms with van der Waals surface area (Å²) in [6.07, 6.45) is 13.6. The Kier molecular flexibility index (Phi) is 8.58. The Morgan fingerprint density at radius 1 is 0.400 bits per heavy atom. The molecule has 248 valence electrons. The van der Waals surface area contributed by atoms with Gasteiger partial charge in [-0.3, -0.25) is 0 Å². The molecule has 0 saturated carbocycles. The van der Waals surface area contributed by atoms with Crippen molar-refractivity contribution < 1.29 is 4.42 Å². The van der Waals surface area contributed by atoms with Gasteiger partial charge in [0.25, 0.3) is 0 Å². The number of benzene rings is 8. The maximum Gasteiger partial charge on any atom is 0.137 e. The molecule has 1 heterocycles. The molecule has 0 aliphatic rings. The molecule has 0 aliphatic heterocycles. The van der Waals surface area contributed by atoms with Gasteiger partial charge >= 0.3 is 0 Å². The Balaban J connectivity index is 1.22. The molecule has 0 atom stereocenters. The Morgan fingerprint density at radius 3 is 1.56 bits per heavy atom. The second-order valence-corrected chi connectivity index (χ2v) is 15.4. The van der Waals surface area contributed by atoms with Crippen molar-refractivity contribution in [3.05, 3.63) is 115 Å². The van der Waals surface area contributed by atoms with Gasteiger partial charge < -0.3 is 4.42 Å². The lowest BCUT2D eigenvalue weighted by molar-refractivity contribution is 0.563. The van der Waals surface area contributed by atoms with E-state index >= 15 is 0 Å². The maximum atomic E-state index is 6.92. The molecule has 9 rings (SSSR count). The summed E-state index contributed by atoms with van der Waals surface area (Å²) in [7, 11) is 0. The van der Waals surface area contributed by atoms with Gasteiger partial charge in [0.2, 0.25) is 0 Å². The number of hydrogen-bond donors (Lipinski definition) is 0. The summed E-state index contributed by atoms with van der Waals surface area (Å²) in [6, 6.07) is 42.9. The first kappa shape index (κ1) is 31.5. The molecule has 0 amide bonds.